The number of carboxylic acids is 1. The van der Waals surface area contributed by atoms with Crippen LogP contribution in [-0.2, 0) is 11.3 Å². The average molecular weight is 345 g/mol. The zero-order valence-corrected chi connectivity index (χ0v) is 13.8. The maximum Gasteiger partial charge on any atom is 0.341 e. The summed E-state index contributed by atoms with van der Waals surface area (Å²) in [5, 5.41) is 9.36. The quantitative estimate of drug-likeness (QED) is 0.844. The van der Waals surface area contributed by atoms with Crippen molar-refractivity contribution in [1.29, 1.82) is 0 Å². The number of aromatic carboxylic acids is 1. The zero-order chi connectivity index (χ0) is 17.6. The fraction of sp³-hybridized carbons (Fsp3) is 0.353. The number of morpholine rings is 1. The Morgan fingerprint density at radius 2 is 1.92 bits per heavy atom. The molecule has 0 aliphatic carbocycles. The third kappa shape index (κ3) is 4.16. The minimum absolute atomic E-state index is 0.0788. The molecule has 1 fully saturated rings. The summed E-state index contributed by atoms with van der Waals surface area (Å²) in [5.74, 6) is 1.16. The largest absolute Gasteiger partial charge is 0.497 e. The van der Waals surface area contributed by atoms with E-state index in [-0.39, 0.29) is 12.2 Å². The molecule has 1 aromatic heterocycles. The van der Waals surface area contributed by atoms with Gasteiger partial charge in [-0.3, -0.25) is 0 Å². The van der Waals surface area contributed by atoms with Crippen molar-refractivity contribution in [3.63, 3.8) is 0 Å². The third-order valence-electron chi connectivity index (χ3n) is 3.79. The highest BCUT2D eigenvalue weighted by Crippen LogP contribution is 2.21. The van der Waals surface area contributed by atoms with Crippen molar-refractivity contribution in [2.24, 2.45) is 0 Å². The summed E-state index contributed by atoms with van der Waals surface area (Å²) in [6.45, 7) is 2.41. The van der Waals surface area contributed by atoms with E-state index in [2.05, 4.69) is 9.97 Å². The van der Waals surface area contributed by atoms with Gasteiger partial charge in [-0.1, -0.05) is 0 Å². The van der Waals surface area contributed by atoms with Crippen LogP contribution >= 0.6 is 0 Å². The monoisotopic (exact) mass is 345 g/mol. The molecule has 2 aromatic rings. The molecule has 0 radical (unpaired) electrons. The van der Waals surface area contributed by atoms with Gasteiger partial charge in [-0.15, -0.1) is 0 Å². The van der Waals surface area contributed by atoms with Gasteiger partial charge in [-0.2, -0.15) is 0 Å². The third-order valence-corrected chi connectivity index (χ3v) is 3.79. The summed E-state index contributed by atoms with van der Waals surface area (Å²) in [6, 6.07) is 7.16. The first-order valence-corrected chi connectivity index (χ1v) is 7.86. The van der Waals surface area contributed by atoms with E-state index in [1.54, 1.807) is 31.4 Å². The lowest BCUT2D eigenvalue weighted by Gasteiger charge is -2.28. The molecule has 0 amide bonds. The topological polar surface area (TPSA) is 94.0 Å². The summed E-state index contributed by atoms with van der Waals surface area (Å²) >= 11 is 0. The van der Waals surface area contributed by atoms with Crippen LogP contribution in [0.4, 0.5) is 5.82 Å². The van der Waals surface area contributed by atoms with Crippen molar-refractivity contribution in [1.82, 2.24) is 9.97 Å². The molecule has 0 atom stereocenters. The number of methoxy groups -OCH3 is 1. The lowest BCUT2D eigenvalue weighted by atomic mass is 10.2. The van der Waals surface area contributed by atoms with Crippen LogP contribution < -0.4 is 14.4 Å². The molecule has 0 unspecified atom stereocenters. The van der Waals surface area contributed by atoms with Gasteiger partial charge in [-0.25, -0.2) is 14.8 Å². The maximum absolute atomic E-state index is 11.4. The number of anilines is 1. The lowest BCUT2D eigenvalue weighted by molar-refractivity contribution is 0.0695. The highest BCUT2D eigenvalue weighted by Gasteiger charge is 2.21. The molecular formula is C17H19N3O5. The van der Waals surface area contributed by atoms with E-state index < -0.39 is 5.97 Å². The van der Waals surface area contributed by atoms with Crippen LogP contribution in [0.15, 0.2) is 30.5 Å². The lowest BCUT2D eigenvalue weighted by Crippen LogP contribution is -2.38. The van der Waals surface area contributed by atoms with Gasteiger partial charge in [0.05, 0.1) is 20.3 Å². The summed E-state index contributed by atoms with van der Waals surface area (Å²) in [5.41, 5.74) is 0.0788. The van der Waals surface area contributed by atoms with Gasteiger partial charge in [0.25, 0.3) is 0 Å². The van der Waals surface area contributed by atoms with E-state index in [9.17, 15) is 9.90 Å². The van der Waals surface area contributed by atoms with E-state index in [0.29, 0.717) is 43.7 Å². The second-order valence-electron chi connectivity index (χ2n) is 5.39. The number of nitrogens with zero attached hydrogens (tertiary/aromatic N) is 3. The van der Waals surface area contributed by atoms with E-state index in [1.807, 2.05) is 4.90 Å². The first-order chi connectivity index (χ1) is 12.2. The Balaban J connectivity index is 1.75. The molecule has 0 saturated carbocycles. The molecule has 1 aliphatic rings. The average Bonchev–Trinajstić information content (AvgIpc) is 2.67. The number of carbonyl (C=O) groups is 1. The highest BCUT2D eigenvalue weighted by molar-refractivity contribution is 5.93. The van der Waals surface area contributed by atoms with Gasteiger partial charge in [0, 0.05) is 19.3 Å². The predicted molar refractivity (Wildman–Crippen MR) is 89.3 cm³/mol. The minimum atomic E-state index is -1.05. The summed E-state index contributed by atoms with van der Waals surface area (Å²) in [7, 11) is 1.60. The molecule has 8 heteroatoms. The van der Waals surface area contributed by atoms with Gasteiger partial charge in [-0.05, 0) is 24.3 Å². The van der Waals surface area contributed by atoms with E-state index in [1.165, 1.54) is 6.20 Å². The minimum Gasteiger partial charge on any atom is -0.497 e. The van der Waals surface area contributed by atoms with Crippen molar-refractivity contribution in [3.8, 4) is 11.5 Å². The molecule has 1 aromatic carbocycles. The second kappa shape index (κ2) is 7.80. The fourth-order valence-corrected chi connectivity index (χ4v) is 2.46. The Labute approximate surface area is 145 Å². The van der Waals surface area contributed by atoms with Gasteiger partial charge in [0.15, 0.2) is 5.82 Å². The van der Waals surface area contributed by atoms with Crippen molar-refractivity contribution in [3.05, 3.63) is 41.9 Å². The smallest absolute Gasteiger partial charge is 0.341 e. The van der Waals surface area contributed by atoms with Crippen LogP contribution in [0.5, 0.6) is 11.5 Å². The fourth-order valence-electron chi connectivity index (χ4n) is 2.46. The number of benzene rings is 1. The molecule has 132 valence electrons. The van der Waals surface area contributed by atoms with Gasteiger partial charge < -0.3 is 24.2 Å². The van der Waals surface area contributed by atoms with Crippen molar-refractivity contribution >= 4 is 11.8 Å². The number of hydrogen-bond donors (Lipinski definition) is 1. The van der Waals surface area contributed by atoms with Crippen LogP contribution in [0.3, 0.4) is 0 Å². The van der Waals surface area contributed by atoms with Crippen molar-refractivity contribution in [2.75, 3.05) is 38.3 Å². The van der Waals surface area contributed by atoms with Gasteiger partial charge in [0.2, 0.25) is 0 Å². The van der Waals surface area contributed by atoms with Crippen molar-refractivity contribution < 1.29 is 24.1 Å². The molecule has 2 heterocycles. The molecule has 1 aliphatic heterocycles. The molecular weight excluding hydrogens is 326 g/mol. The Morgan fingerprint density at radius 3 is 2.56 bits per heavy atom. The van der Waals surface area contributed by atoms with Crippen molar-refractivity contribution in [2.45, 2.75) is 6.61 Å². The van der Waals surface area contributed by atoms with Gasteiger partial charge >= 0.3 is 5.97 Å². The zero-order valence-electron chi connectivity index (χ0n) is 13.8. The maximum atomic E-state index is 11.4. The van der Waals surface area contributed by atoms with E-state index in [4.69, 9.17) is 14.2 Å². The molecule has 1 N–H and O–H groups in total. The molecule has 1 saturated heterocycles. The predicted octanol–water partition coefficient (Wildman–Crippen LogP) is 1.60. The summed E-state index contributed by atoms with van der Waals surface area (Å²) in [4.78, 5) is 21.8. The molecule has 0 spiro atoms. The number of hydrogen-bond acceptors (Lipinski definition) is 7. The second-order valence-corrected chi connectivity index (χ2v) is 5.39. The Kier molecular flexibility index (Phi) is 5.30. The number of aromatic nitrogens is 2. The Hall–Kier alpha value is -2.87. The van der Waals surface area contributed by atoms with Gasteiger partial charge in [0.1, 0.15) is 29.5 Å². The number of ether oxygens (including phenoxy) is 3. The standard InChI is InChI=1S/C17H19N3O5/c1-23-12-2-4-13(5-3-12)25-11-15-18-10-14(17(21)22)16(19-15)20-6-8-24-9-7-20/h2-5,10H,6-9,11H2,1H3,(H,21,22). The normalized spacial score (nSPS) is 14.2. The molecule has 8 nitrogen and oxygen atoms in total. The molecule has 25 heavy (non-hydrogen) atoms. The SMILES string of the molecule is COc1ccc(OCc2ncc(C(=O)O)c(N3CCOCC3)n2)cc1. The van der Waals surface area contributed by atoms with E-state index in [0.717, 1.165) is 5.75 Å². The number of carboxylic acid groups (broad SMARTS) is 1. The van der Waals surface area contributed by atoms with Crippen LogP contribution in [0.1, 0.15) is 16.2 Å². The summed E-state index contributed by atoms with van der Waals surface area (Å²) in [6.07, 6.45) is 1.33. The Bertz CT molecular complexity index is 730. The first kappa shape index (κ1) is 17.0. The highest BCUT2D eigenvalue weighted by atomic mass is 16.5. The van der Waals surface area contributed by atoms with Crippen LogP contribution in [0, 0.1) is 0 Å². The molecule has 0 bridgehead atoms. The van der Waals surface area contributed by atoms with E-state index >= 15 is 0 Å². The first-order valence-electron chi connectivity index (χ1n) is 7.86. The van der Waals surface area contributed by atoms with Crippen LogP contribution in [-0.4, -0.2) is 54.5 Å². The van der Waals surface area contributed by atoms with Crippen LogP contribution in [0.25, 0.3) is 0 Å². The van der Waals surface area contributed by atoms with Crippen LogP contribution in [0.2, 0.25) is 0 Å². The number of rotatable bonds is 6. The molecule has 3 rings (SSSR count). The Morgan fingerprint density at radius 1 is 1.24 bits per heavy atom. The summed E-state index contributed by atoms with van der Waals surface area (Å²) < 4.78 is 16.1.